The van der Waals surface area contributed by atoms with Gasteiger partial charge in [0.1, 0.15) is 6.04 Å². The van der Waals surface area contributed by atoms with Gasteiger partial charge in [-0.25, -0.2) is 0 Å². The van der Waals surface area contributed by atoms with Gasteiger partial charge in [0.2, 0.25) is 5.91 Å². The van der Waals surface area contributed by atoms with E-state index in [1.165, 1.54) is 0 Å². The molecule has 0 aromatic heterocycles. The van der Waals surface area contributed by atoms with Crippen LogP contribution in [0, 0.1) is 0 Å². The molecule has 2 atom stereocenters. The first-order valence-electron chi connectivity index (χ1n) is 5.93. The van der Waals surface area contributed by atoms with Crippen LogP contribution in [0.5, 0.6) is 0 Å². The molecule has 0 saturated heterocycles. The Kier molecular flexibility index (Phi) is 5.79. The predicted octanol–water partition coefficient (Wildman–Crippen LogP) is 0.955. The second-order valence-electron chi connectivity index (χ2n) is 4.27. The van der Waals surface area contributed by atoms with E-state index in [2.05, 4.69) is 10.6 Å². The lowest BCUT2D eigenvalue weighted by Crippen LogP contribution is -2.46. The molecule has 0 aliphatic heterocycles. The molecule has 0 spiro atoms. The quantitative estimate of drug-likeness (QED) is 0.753. The number of carbonyl (C=O) groups is 2. The third kappa shape index (κ3) is 4.89. The third-order valence-electron chi connectivity index (χ3n) is 2.43. The summed E-state index contributed by atoms with van der Waals surface area (Å²) in [5, 5.41) is 14.5. The number of halogens is 1. The van der Waals surface area contributed by atoms with E-state index in [0.717, 1.165) is 0 Å². The van der Waals surface area contributed by atoms with Crippen molar-refractivity contribution < 1.29 is 14.7 Å². The predicted molar refractivity (Wildman–Crippen MR) is 73.1 cm³/mol. The Morgan fingerprint density at radius 2 is 1.95 bits per heavy atom. The van der Waals surface area contributed by atoms with Gasteiger partial charge in [-0.05, 0) is 26.0 Å². The summed E-state index contributed by atoms with van der Waals surface area (Å²) in [4.78, 5) is 23.5. The summed E-state index contributed by atoms with van der Waals surface area (Å²) in [5.74, 6) is -0.772. The van der Waals surface area contributed by atoms with Crippen LogP contribution in [0.3, 0.4) is 0 Å². The lowest BCUT2D eigenvalue weighted by molar-refractivity contribution is -0.123. The van der Waals surface area contributed by atoms with Crippen molar-refractivity contribution in [2.75, 3.05) is 6.54 Å². The maximum atomic E-state index is 11.9. The van der Waals surface area contributed by atoms with Crippen molar-refractivity contribution >= 4 is 23.4 Å². The number of rotatable bonds is 5. The Hall–Kier alpha value is -1.59. The Morgan fingerprint density at radius 3 is 2.53 bits per heavy atom. The van der Waals surface area contributed by atoms with Crippen LogP contribution in [-0.4, -0.2) is 35.6 Å². The van der Waals surface area contributed by atoms with E-state index in [0.29, 0.717) is 10.6 Å². The normalized spacial score (nSPS) is 13.5. The van der Waals surface area contributed by atoms with E-state index >= 15 is 0 Å². The molecule has 0 fully saturated rings. The van der Waals surface area contributed by atoms with Crippen molar-refractivity contribution in [2.24, 2.45) is 0 Å². The molecular formula is C13H17ClN2O3. The first-order valence-corrected chi connectivity index (χ1v) is 6.30. The summed E-state index contributed by atoms with van der Waals surface area (Å²) in [7, 11) is 0. The third-order valence-corrected chi connectivity index (χ3v) is 2.76. The first-order chi connectivity index (χ1) is 8.91. The summed E-state index contributed by atoms with van der Waals surface area (Å²) in [6, 6.07) is 5.89. The zero-order valence-electron chi connectivity index (χ0n) is 10.8. The van der Waals surface area contributed by atoms with E-state index in [9.17, 15) is 9.59 Å². The minimum absolute atomic E-state index is 0.144. The molecule has 2 unspecified atom stereocenters. The van der Waals surface area contributed by atoms with Gasteiger partial charge in [-0.15, -0.1) is 0 Å². The minimum Gasteiger partial charge on any atom is -0.392 e. The number of hydrogen-bond donors (Lipinski definition) is 3. The van der Waals surface area contributed by atoms with E-state index in [4.69, 9.17) is 16.7 Å². The summed E-state index contributed by atoms with van der Waals surface area (Å²) in [5.41, 5.74) is 0.319. The molecule has 0 bridgehead atoms. The highest BCUT2D eigenvalue weighted by molar-refractivity contribution is 6.33. The molecule has 104 valence electrons. The average molecular weight is 285 g/mol. The van der Waals surface area contributed by atoms with Gasteiger partial charge < -0.3 is 15.7 Å². The molecule has 6 heteroatoms. The monoisotopic (exact) mass is 284 g/mol. The molecular weight excluding hydrogens is 268 g/mol. The van der Waals surface area contributed by atoms with Crippen molar-refractivity contribution in [1.29, 1.82) is 0 Å². The van der Waals surface area contributed by atoms with E-state index in [1.54, 1.807) is 38.1 Å². The van der Waals surface area contributed by atoms with Crippen molar-refractivity contribution in [2.45, 2.75) is 26.0 Å². The SMILES string of the molecule is CC(O)CNC(=O)C(C)NC(=O)c1ccccc1Cl. The maximum Gasteiger partial charge on any atom is 0.253 e. The summed E-state index contributed by atoms with van der Waals surface area (Å²) in [6.45, 7) is 3.27. The highest BCUT2D eigenvalue weighted by Gasteiger charge is 2.17. The summed E-state index contributed by atoms with van der Waals surface area (Å²) < 4.78 is 0. The van der Waals surface area contributed by atoms with Crippen LogP contribution in [0.2, 0.25) is 5.02 Å². The van der Waals surface area contributed by atoms with Crippen LogP contribution in [0.1, 0.15) is 24.2 Å². The fourth-order valence-electron chi connectivity index (χ4n) is 1.39. The Morgan fingerprint density at radius 1 is 1.32 bits per heavy atom. The molecule has 0 radical (unpaired) electrons. The molecule has 2 amide bonds. The lowest BCUT2D eigenvalue weighted by Gasteiger charge is -2.15. The first kappa shape index (κ1) is 15.5. The van der Waals surface area contributed by atoms with Crippen LogP contribution < -0.4 is 10.6 Å². The van der Waals surface area contributed by atoms with Gasteiger partial charge >= 0.3 is 0 Å². The van der Waals surface area contributed by atoms with Gasteiger partial charge in [-0.3, -0.25) is 9.59 Å². The zero-order valence-corrected chi connectivity index (χ0v) is 11.6. The molecule has 0 aliphatic carbocycles. The fraction of sp³-hybridized carbons (Fsp3) is 0.385. The van der Waals surface area contributed by atoms with Crippen molar-refractivity contribution in [3.05, 3.63) is 34.9 Å². The van der Waals surface area contributed by atoms with E-state index < -0.39 is 18.1 Å². The average Bonchev–Trinajstić information content (AvgIpc) is 2.36. The molecule has 5 nitrogen and oxygen atoms in total. The number of amides is 2. The second-order valence-corrected chi connectivity index (χ2v) is 4.68. The molecule has 1 aromatic rings. The smallest absolute Gasteiger partial charge is 0.253 e. The number of benzene rings is 1. The highest BCUT2D eigenvalue weighted by Crippen LogP contribution is 2.14. The maximum absolute atomic E-state index is 11.9. The Labute approximate surface area is 117 Å². The molecule has 3 N–H and O–H groups in total. The van der Waals surface area contributed by atoms with Gasteiger partial charge in [0.15, 0.2) is 0 Å². The van der Waals surface area contributed by atoms with Crippen LogP contribution in [-0.2, 0) is 4.79 Å². The largest absolute Gasteiger partial charge is 0.392 e. The van der Waals surface area contributed by atoms with Crippen LogP contribution in [0.25, 0.3) is 0 Å². The molecule has 0 heterocycles. The van der Waals surface area contributed by atoms with Crippen LogP contribution in [0.4, 0.5) is 0 Å². The van der Waals surface area contributed by atoms with E-state index in [1.807, 2.05) is 0 Å². The minimum atomic E-state index is -0.706. The van der Waals surface area contributed by atoms with Gasteiger partial charge in [0, 0.05) is 6.54 Å². The standard InChI is InChI=1S/C13H17ClN2O3/c1-8(17)7-15-12(18)9(2)16-13(19)10-5-3-4-6-11(10)14/h3-6,8-9,17H,7H2,1-2H3,(H,15,18)(H,16,19). The fourth-order valence-corrected chi connectivity index (χ4v) is 1.61. The van der Waals surface area contributed by atoms with Crippen molar-refractivity contribution in [1.82, 2.24) is 10.6 Å². The van der Waals surface area contributed by atoms with Gasteiger partial charge in [-0.2, -0.15) is 0 Å². The van der Waals surface area contributed by atoms with Crippen molar-refractivity contribution in [3.8, 4) is 0 Å². The number of aliphatic hydroxyl groups excluding tert-OH is 1. The molecule has 0 aliphatic rings. The molecule has 1 aromatic carbocycles. The molecule has 1 rings (SSSR count). The topological polar surface area (TPSA) is 78.4 Å². The second kappa shape index (κ2) is 7.11. The zero-order chi connectivity index (χ0) is 14.4. The Balaban J connectivity index is 2.57. The van der Waals surface area contributed by atoms with Crippen LogP contribution >= 0.6 is 11.6 Å². The number of aliphatic hydroxyl groups is 1. The van der Waals surface area contributed by atoms with Gasteiger partial charge in [0.25, 0.3) is 5.91 Å². The number of hydrogen-bond acceptors (Lipinski definition) is 3. The van der Waals surface area contributed by atoms with Crippen LogP contribution in [0.15, 0.2) is 24.3 Å². The lowest BCUT2D eigenvalue weighted by atomic mass is 10.2. The number of nitrogens with one attached hydrogen (secondary N) is 2. The number of carbonyl (C=O) groups excluding carboxylic acids is 2. The summed E-state index contributed by atoms with van der Waals surface area (Å²) in [6.07, 6.45) is -0.629. The molecule has 19 heavy (non-hydrogen) atoms. The van der Waals surface area contributed by atoms with Gasteiger partial charge in [0.05, 0.1) is 16.7 Å². The Bertz CT molecular complexity index is 463. The van der Waals surface area contributed by atoms with E-state index in [-0.39, 0.29) is 12.5 Å². The molecule has 0 saturated carbocycles. The highest BCUT2D eigenvalue weighted by atomic mass is 35.5. The van der Waals surface area contributed by atoms with Crippen molar-refractivity contribution in [3.63, 3.8) is 0 Å². The summed E-state index contributed by atoms with van der Waals surface area (Å²) >= 11 is 5.89. The van der Waals surface area contributed by atoms with Gasteiger partial charge in [-0.1, -0.05) is 23.7 Å².